The SMILES string of the molecule is OC(F)(F)C(F)(F)C(F)(C(F)(F)F)C(F)(F)C(F)(F)C(F)(F)C(F)(CF)C(F)(F)F. The molecule has 0 fully saturated rings. The Morgan fingerprint density at radius 3 is 0.967 bits per heavy atom. The molecule has 0 radical (unpaired) electrons. The van der Waals surface area contributed by atoms with E-state index in [0.717, 1.165) is 0 Å². The third kappa shape index (κ3) is 3.23. The fourth-order valence-electron chi connectivity index (χ4n) is 1.76. The molecule has 2 unspecified atom stereocenters. The fraction of sp³-hybridized carbons (Fsp3) is 1.00. The lowest BCUT2D eigenvalue weighted by Gasteiger charge is -2.46. The Labute approximate surface area is 150 Å². The van der Waals surface area contributed by atoms with Crippen LogP contribution in [0.5, 0.6) is 0 Å². The lowest BCUT2D eigenvalue weighted by Crippen LogP contribution is -2.80. The van der Waals surface area contributed by atoms with Crippen molar-refractivity contribution in [1.29, 1.82) is 0 Å². The predicted molar refractivity (Wildman–Crippen MR) is 52.7 cm³/mol. The zero-order chi connectivity index (χ0) is 25.2. The van der Waals surface area contributed by atoms with Crippen molar-refractivity contribution in [2.75, 3.05) is 6.67 Å². The lowest BCUT2D eigenvalue weighted by molar-refractivity contribution is -0.478. The summed E-state index contributed by atoms with van der Waals surface area (Å²) in [5.74, 6) is -35.0. The molecule has 2 atom stereocenters. The number of hydrogen-bond acceptors (Lipinski definition) is 1. The molecule has 0 amide bonds. The Kier molecular flexibility index (Phi) is 6.50. The van der Waals surface area contributed by atoms with Gasteiger partial charge >= 0.3 is 53.5 Å². The molecule has 1 nitrogen and oxygen atoms in total. The van der Waals surface area contributed by atoms with Crippen molar-refractivity contribution in [2.24, 2.45) is 0 Å². The summed E-state index contributed by atoms with van der Waals surface area (Å²) < 4.78 is 243. The van der Waals surface area contributed by atoms with Gasteiger partial charge in [0.1, 0.15) is 6.67 Å². The molecule has 182 valence electrons. The molecule has 0 saturated carbocycles. The third-order valence-corrected chi connectivity index (χ3v) is 3.55. The number of halogens is 19. The van der Waals surface area contributed by atoms with Gasteiger partial charge < -0.3 is 5.11 Å². The van der Waals surface area contributed by atoms with Gasteiger partial charge in [0.15, 0.2) is 0 Å². The van der Waals surface area contributed by atoms with E-state index in [1.807, 2.05) is 0 Å². The highest BCUT2D eigenvalue weighted by Gasteiger charge is 2.98. The summed E-state index contributed by atoms with van der Waals surface area (Å²) in [5.41, 5.74) is -16.5. The first kappa shape index (κ1) is 28.6. The number of rotatable bonds is 7. The maximum Gasteiger partial charge on any atom is 0.435 e. The highest BCUT2D eigenvalue weighted by Crippen LogP contribution is 2.66. The second-order valence-corrected chi connectivity index (χ2v) is 5.43. The van der Waals surface area contributed by atoms with E-state index in [1.54, 1.807) is 0 Å². The first-order valence-corrected chi connectivity index (χ1v) is 6.25. The van der Waals surface area contributed by atoms with Crippen LogP contribution in [0.4, 0.5) is 83.4 Å². The Morgan fingerprint density at radius 1 is 0.433 bits per heavy atom. The maximum atomic E-state index is 13.6. The zero-order valence-electron chi connectivity index (χ0n) is 12.8. The monoisotopic (exact) mass is 500 g/mol. The average molecular weight is 500 g/mol. The van der Waals surface area contributed by atoms with E-state index in [9.17, 15) is 83.4 Å². The van der Waals surface area contributed by atoms with Crippen LogP contribution in [0.25, 0.3) is 0 Å². The van der Waals surface area contributed by atoms with Gasteiger partial charge in [-0.05, 0) is 0 Å². The van der Waals surface area contributed by atoms with Crippen molar-refractivity contribution in [3.8, 4) is 0 Å². The number of aliphatic hydroxyl groups is 1. The summed E-state index contributed by atoms with van der Waals surface area (Å²) in [6.45, 7) is -4.45. The second kappa shape index (κ2) is 6.81. The Balaban J connectivity index is 7.31. The molecule has 0 heterocycles. The molecule has 0 aromatic rings. The van der Waals surface area contributed by atoms with Crippen LogP contribution in [-0.2, 0) is 0 Å². The summed E-state index contributed by atoms with van der Waals surface area (Å²) >= 11 is 0. The maximum absolute atomic E-state index is 13.6. The van der Waals surface area contributed by atoms with Crippen molar-refractivity contribution < 1.29 is 88.5 Å². The minimum atomic E-state index is -9.09. The van der Waals surface area contributed by atoms with E-state index in [1.165, 1.54) is 0 Å². The quantitative estimate of drug-likeness (QED) is 0.450. The molecule has 0 rings (SSSR count). The van der Waals surface area contributed by atoms with E-state index in [4.69, 9.17) is 5.11 Å². The van der Waals surface area contributed by atoms with E-state index in [2.05, 4.69) is 0 Å². The van der Waals surface area contributed by atoms with Crippen molar-refractivity contribution in [1.82, 2.24) is 0 Å². The molecular weight excluding hydrogens is 497 g/mol. The van der Waals surface area contributed by atoms with Gasteiger partial charge in [-0.15, -0.1) is 0 Å². The van der Waals surface area contributed by atoms with Crippen LogP contribution in [0.15, 0.2) is 0 Å². The molecule has 0 aliphatic rings. The molecule has 0 aromatic heterocycles. The molecule has 20 heteroatoms. The van der Waals surface area contributed by atoms with Crippen LogP contribution in [0.3, 0.4) is 0 Å². The van der Waals surface area contributed by atoms with Crippen molar-refractivity contribution in [2.45, 2.75) is 53.5 Å². The number of alkyl halides is 19. The van der Waals surface area contributed by atoms with Gasteiger partial charge in [0, 0.05) is 0 Å². The molecule has 0 aromatic carbocycles. The topological polar surface area (TPSA) is 20.2 Å². The van der Waals surface area contributed by atoms with Gasteiger partial charge in [-0.1, -0.05) is 0 Å². The molecule has 30 heavy (non-hydrogen) atoms. The molecule has 0 aliphatic carbocycles. The highest BCUT2D eigenvalue weighted by molar-refractivity contribution is 5.21. The summed E-state index contributed by atoms with van der Waals surface area (Å²) in [4.78, 5) is 0. The standard InChI is InChI=1S/C10H3F19O/c11-1-2(12,8(22,23)24)4(14,15)7(20,21)5(16,17)3(13,9(25,26)27)6(18,19)10(28,29)30/h30H,1H2. The Hall–Kier alpha value is -1.37. The summed E-state index contributed by atoms with van der Waals surface area (Å²) in [5, 5.41) is 7.51. The van der Waals surface area contributed by atoms with E-state index < -0.39 is 60.2 Å². The van der Waals surface area contributed by atoms with E-state index in [0.29, 0.717) is 0 Å². The second-order valence-electron chi connectivity index (χ2n) is 5.43. The molecule has 0 saturated heterocycles. The van der Waals surface area contributed by atoms with Crippen molar-refractivity contribution >= 4 is 0 Å². The summed E-state index contributed by atoms with van der Waals surface area (Å²) in [6, 6.07) is 0. The Morgan fingerprint density at radius 2 is 0.767 bits per heavy atom. The summed E-state index contributed by atoms with van der Waals surface area (Å²) in [7, 11) is 0. The third-order valence-electron chi connectivity index (χ3n) is 3.55. The van der Waals surface area contributed by atoms with Crippen LogP contribution in [-0.4, -0.2) is 65.3 Å². The smallest absolute Gasteiger partial charge is 0.331 e. The molecule has 0 aliphatic heterocycles. The van der Waals surface area contributed by atoms with Crippen molar-refractivity contribution in [3.05, 3.63) is 0 Å². The average Bonchev–Trinajstić information content (AvgIpc) is 2.48. The minimum absolute atomic E-state index is 4.45. The normalized spacial score (nSPS) is 20.0. The molecule has 0 bridgehead atoms. The van der Waals surface area contributed by atoms with Gasteiger partial charge in [-0.3, -0.25) is 0 Å². The van der Waals surface area contributed by atoms with Crippen LogP contribution >= 0.6 is 0 Å². The molecule has 0 spiro atoms. The van der Waals surface area contributed by atoms with Crippen LogP contribution in [0, 0.1) is 0 Å². The van der Waals surface area contributed by atoms with Crippen LogP contribution < -0.4 is 0 Å². The lowest BCUT2D eigenvalue weighted by atomic mass is 9.79. The van der Waals surface area contributed by atoms with Crippen LogP contribution in [0.1, 0.15) is 0 Å². The minimum Gasteiger partial charge on any atom is -0.331 e. The Bertz CT molecular complexity index is 625. The predicted octanol–water partition coefficient (Wildman–Crippen LogP) is 5.62. The number of hydrogen-bond donors (Lipinski definition) is 1. The van der Waals surface area contributed by atoms with E-state index >= 15 is 0 Å². The van der Waals surface area contributed by atoms with Crippen molar-refractivity contribution in [3.63, 3.8) is 0 Å². The highest BCUT2D eigenvalue weighted by atomic mass is 19.4. The van der Waals surface area contributed by atoms with Gasteiger partial charge in [0.05, 0.1) is 0 Å². The van der Waals surface area contributed by atoms with Crippen LogP contribution in [0.2, 0.25) is 0 Å². The largest absolute Gasteiger partial charge is 0.435 e. The van der Waals surface area contributed by atoms with Gasteiger partial charge in [-0.25, -0.2) is 13.2 Å². The van der Waals surface area contributed by atoms with Gasteiger partial charge in [0.25, 0.3) is 0 Å². The zero-order valence-corrected chi connectivity index (χ0v) is 12.8. The fourth-order valence-corrected chi connectivity index (χ4v) is 1.76. The van der Waals surface area contributed by atoms with E-state index in [-0.39, 0.29) is 0 Å². The van der Waals surface area contributed by atoms with Gasteiger partial charge in [0.2, 0.25) is 0 Å². The molecule has 1 N–H and O–H groups in total. The van der Waals surface area contributed by atoms with Gasteiger partial charge in [-0.2, -0.15) is 70.2 Å². The summed E-state index contributed by atoms with van der Waals surface area (Å²) in [6.07, 6.45) is -23.8. The first-order valence-electron chi connectivity index (χ1n) is 6.25. The first-order chi connectivity index (χ1) is 12.6. The molecular formula is C10H3F19O.